The molecule has 0 radical (unpaired) electrons. The predicted molar refractivity (Wildman–Crippen MR) is 83.7 cm³/mol. The van der Waals surface area contributed by atoms with Gasteiger partial charge in [0.25, 0.3) is 0 Å². The molecule has 0 heterocycles. The highest BCUT2D eigenvalue weighted by atomic mass is 16.6. The standard InChI is InChI=1S/C10H14O9.4CH4/c1-5(11)9(15)19-6(2)10(16)18-4-8(14)17-3-7(12)13;;;;/h5-6,11H,3-4H2,1-2H3,(H,12,13);4*1H4. The number of ether oxygens (including phenoxy) is 3. The molecule has 0 saturated carbocycles. The van der Waals surface area contributed by atoms with Crippen LogP contribution in [0.15, 0.2) is 0 Å². The Morgan fingerprint density at radius 1 is 0.870 bits per heavy atom. The van der Waals surface area contributed by atoms with Crippen molar-refractivity contribution in [3.8, 4) is 0 Å². The van der Waals surface area contributed by atoms with Crippen LogP contribution < -0.4 is 0 Å². The predicted octanol–water partition coefficient (Wildman–Crippen LogP) is 1.01. The number of carbonyl (C=O) groups excluding carboxylic acids is 3. The van der Waals surface area contributed by atoms with Crippen molar-refractivity contribution >= 4 is 23.9 Å². The quantitative estimate of drug-likeness (QED) is 0.513. The van der Waals surface area contributed by atoms with Crippen LogP contribution in [0.25, 0.3) is 0 Å². The van der Waals surface area contributed by atoms with Crippen molar-refractivity contribution in [1.29, 1.82) is 0 Å². The molecule has 0 amide bonds. The number of aliphatic hydroxyl groups is 1. The van der Waals surface area contributed by atoms with Gasteiger partial charge in [0.15, 0.2) is 19.3 Å². The highest BCUT2D eigenvalue weighted by molar-refractivity contribution is 5.83. The first-order chi connectivity index (χ1) is 8.73. The van der Waals surface area contributed by atoms with Crippen LogP contribution in [0.3, 0.4) is 0 Å². The number of aliphatic carboxylic acids is 1. The van der Waals surface area contributed by atoms with Crippen LogP contribution in [-0.4, -0.2) is 59.5 Å². The Hall–Kier alpha value is -2.16. The molecule has 2 N–H and O–H groups in total. The van der Waals surface area contributed by atoms with Gasteiger partial charge in [-0.1, -0.05) is 29.7 Å². The molecule has 23 heavy (non-hydrogen) atoms. The van der Waals surface area contributed by atoms with E-state index in [0.717, 1.165) is 6.92 Å². The maximum absolute atomic E-state index is 11.2. The van der Waals surface area contributed by atoms with Gasteiger partial charge in [-0.25, -0.2) is 19.2 Å². The maximum atomic E-state index is 11.2. The summed E-state index contributed by atoms with van der Waals surface area (Å²) < 4.78 is 13.1. The molecule has 0 aromatic rings. The van der Waals surface area contributed by atoms with Crippen molar-refractivity contribution in [3.05, 3.63) is 0 Å². The van der Waals surface area contributed by atoms with Crippen molar-refractivity contribution in [1.82, 2.24) is 0 Å². The lowest BCUT2D eigenvalue weighted by Gasteiger charge is -2.13. The minimum atomic E-state index is -1.39. The molecule has 0 aliphatic heterocycles. The Morgan fingerprint density at radius 2 is 1.35 bits per heavy atom. The zero-order chi connectivity index (χ0) is 15.0. The molecule has 2 unspecified atom stereocenters. The highest BCUT2D eigenvalue weighted by Gasteiger charge is 2.22. The number of aliphatic hydroxyl groups excluding tert-OH is 1. The van der Waals surface area contributed by atoms with Crippen LogP contribution in [0.1, 0.15) is 43.6 Å². The fourth-order valence-corrected chi connectivity index (χ4v) is 0.752. The number of hydrogen-bond acceptors (Lipinski definition) is 8. The minimum absolute atomic E-state index is 0. The van der Waals surface area contributed by atoms with Crippen molar-refractivity contribution in [2.75, 3.05) is 13.2 Å². The van der Waals surface area contributed by atoms with E-state index in [0.29, 0.717) is 0 Å². The molecule has 0 aromatic heterocycles. The average molecular weight is 342 g/mol. The van der Waals surface area contributed by atoms with Gasteiger partial charge >= 0.3 is 23.9 Å². The molecule has 2 atom stereocenters. The molecule has 0 saturated heterocycles. The minimum Gasteiger partial charge on any atom is -0.479 e. The third-order valence-corrected chi connectivity index (χ3v) is 1.65. The first-order valence-electron chi connectivity index (χ1n) is 5.16. The first-order valence-corrected chi connectivity index (χ1v) is 5.16. The van der Waals surface area contributed by atoms with E-state index >= 15 is 0 Å². The Balaban J connectivity index is -0.000000270. The molecule has 0 aromatic carbocycles. The van der Waals surface area contributed by atoms with Crippen LogP contribution in [-0.2, 0) is 33.4 Å². The molecule has 140 valence electrons. The summed E-state index contributed by atoms with van der Waals surface area (Å²) in [6.07, 6.45) is -2.70. The van der Waals surface area contributed by atoms with Gasteiger partial charge in [-0.3, -0.25) is 0 Å². The molecule has 0 rings (SSSR count). The fourth-order valence-electron chi connectivity index (χ4n) is 0.752. The molecular weight excluding hydrogens is 312 g/mol. The Bertz CT molecular complexity index is 363. The Kier molecular flexibility index (Phi) is 23.0. The van der Waals surface area contributed by atoms with Crippen LogP contribution in [0, 0.1) is 0 Å². The summed E-state index contributed by atoms with van der Waals surface area (Å²) in [6, 6.07) is 0. The molecular formula is C14H30O9. The van der Waals surface area contributed by atoms with Gasteiger partial charge in [0.2, 0.25) is 0 Å². The van der Waals surface area contributed by atoms with Gasteiger partial charge in [-0.05, 0) is 13.8 Å². The normalized spacial score (nSPS) is 10.7. The van der Waals surface area contributed by atoms with Crippen molar-refractivity contribution in [2.45, 2.75) is 55.8 Å². The monoisotopic (exact) mass is 342 g/mol. The van der Waals surface area contributed by atoms with E-state index in [9.17, 15) is 19.2 Å². The summed E-state index contributed by atoms with van der Waals surface area (Å²) in [5.74, 6) is -4.44. The summed E-state index contributed by atoms with van der Waals surface area (Å²) in [5, 5.41) is 17.0. The lowest BCUT2D eigenvalue weighted by atomic mass is 10.4. The molecule has 0 aliphatic rings. The number of hydrogen-bond donors (Lipinski definition) is 2. The zero-order valence-electron chi connectivity index (χ0n) is 10.3. The van der Waals surface area contributed by atoms with Crippen molar-refractivity contribution < 1.29 is 43.6 Å². The zero-order valence-corrected chi connectivity index (χ0v) is 10.3. The topological polar surface area (TPSA) is 136 Å². The summed E-state index contributed by atoms with van der Waals surface area (Å²) in [4.78, 5) is 43.1. The molecule has 9 nitrogen and oxygen atoms in total. The van der Waals surface area contributed by atoms with Crippen LogP contribution >= 0.6 is 0 Å². The van der Waals surface area contributed by atoms with Gasteiger partial charge in [0.05, 0.1) is 0 Å². The first kappa shape index (κ1) is 32.7. The van der Waals surface area contributed by atoms with E-state index in [1.54, 1.807) is 0 Å². The van der Waals surface area contributed by atoms with E-state index in [1.165, 1.54) is 6.92 Å². The smallest absolute Gasteiger partial charge is 0.347 e. The van der Waals surface area contributed by atoms with Crippen LogP contribution in [0.2, 0.25) is 0 Å². The summed E-state index contributed by atoms with van der Waals surface area (Å²) in [6.45, 7) is 0.695. The second kappa shape index (κ2) is 16.2. The number of esters is 3. The third-order valence-electron chi connectivity index (χ3n) is 1.65. The summed E-state index contributed by atoms with van der Waals surface area (Å²) in [7, 11) is 0. The molecule has 0 bridgehead atoms. The second-order valence-corrected chi connectivity index (χ2v) is 3.42. The van der Waals surface area contributed by atoms with Gasteiger partial charge in [0, 0.05) is 0 Å². The van der Waals surface area contributed by atoms with Gasteiger partial charge in [-0.2, -0.15) is 0 Å². The van der Waals surface area contributed by atoms with E-state index < -0.39 is 49.3 Å². The SMILES string of the molecule is C.C.C.C.CC(O)C(=O)OC(C)C(=O)OCC(=O)OCC(=O)O. The van der Waals surface area contributed by atoms with E-state index in [1.807, 2.05) is 0 Å². The lowest BCUT2D eigenvalue weighted by Crippen LogP contribution is -2.32. The molecule has 0 aliphatic carbocycles. The third kappa shape index (κ3) is 16.0. The number of rotatable bonds is 7. The van der Waals surface area contributed by atoms with E-state index in [-0.39, 0.29) is 29.7 Å². The lowest BCUT2D eigenvalue weighted by molar-refractivity contribution is -0.175. The van der Waals surface area contributed by atoms with E-state index in [2.05, 4.69) is 14.2 Å². The van der Waals surface area contributed by atoms with E-state index in [4.69, 9.17) is 10.2 Å². The van der Waals surface area contributed by atoms with Crippen LogP contribution in [0.4, 0.5) is 0 Å². The average Bonchev–Trinajstić information content (AvgIpc) is 2.32. The van der Waals surface area contributed by atoms with Crippen LogP contribution in [0.5, 0.6) is 0 Å². The maximum Gasteiger partial charge on any atom is 0.347 e. The second-order valence-electron chi connectivity index (χ2n) is 3.42. The Labute approximate surface area is 137 Å². The molecule has 0 spiro atoms. The fraction of sp³-hybridized carbons (Fsp3) is 0.714. The molecule has 0 fully saturated rings. The van der Waals surface area contributed by atoms with Gasteiger partial charge in [0.1, 0.15) is 6.10 Å². The van der Waals surface area contributed by atoms with Crippen molar-refractivity contribution in [2.24, 2.45) is 0 Å². The number of carboxylic acid groups (broad SMARTS) is 1. The largest absolute Gasteiger partial charge is 0.479 e. The van der Waals surface area contributed by atoms with Gasteiger partial charge in [-0.15, -0.1) is 0 Å². The highest BCUT2D eigenvalue weighted by Crippen LogP contribution is 1.98. The summed E-state index contributed by atoms with van der Waals surface area (Å²) in [5.41, 5.74) is 0. The molecule has 9 heteroatoms. The number of carboxylic acids is 1. The van der Waals surface area contributed by atoms with Gasteiger partial charge < -0.3 is 24.4 Å². The number of carbonyl (C=O) groups is 4. The van der Waals surface area contributed by atoms with Crippen molar-refractivity contribution in [3.63, 3.8) is 0 Å². The summed E-state index contributed by atoms with van der Waals surface area (Å²) >= 11 is 0. The Morgan fingerprint density at radius 3 is 1.74 bits per heavy atom.